The van der Waals surface area contributed by atoms with Gasteiger partial charge in [0.25, 0.3) is 5.91 Å². The highest BCUT2D eigenvalue weighted by Crippen LogP contribution is 2.35. The number of aliphatic hydroxyl groups excluding tert-OH is 1. The lowest BCUT2D eigenvalue weighted by Crippen LogP contribution is -2.59. The van der Waals surface area contributed by atoms with Crippen LogP contribution in [0.2, 0.25) is 0 Å². The molecule has 128 valence electrons. The number of aryl methyl sites for hydroxylation is 1. The van der Waals surface area contributed by atoms with E-state index in [1.807, 2.05) is 19.1 Å². The molecule has 2 atom stereocenters. The van der Waals surface area contributed by atoms with Gasteiger partial charge in [0.2, 0.25) is 5.95 Å². The highest BCUT2D eigenvalue weighted by molar-refractivity contribution is 5.98. The number of fused-ring (bicyclic) bond motifs is 2. The van der Waals surface area contributed by atoms with Crippen LogP contribution in [0.15, 0.2) is 18.2 Å². The number of aromatic nitrogens is 2. The van der Waals surface area contributed by atoms with Gasteiger partial charge in [0.05, 0.1) is 17.8 Å². The van der Waals surface area contributed by atoms with Crippen molar-refractivity contribution in [3.05, 3.63) is 40.6 Å². The Morgan fingerprint density at radius 3 is 2.96 bits per heavy atom. The minimum atomic E-state index is -0.308. The van der Waals surface area contributed by atoms with Crippen LogP contribution in [0.1, 0.15) is 40.5 Å². The van der Waals surface area contributed by atoms with E-state index in [0.717, 1.165) is 47.3 Å². The third-order valence-electron chi connectivity index (χ3n) is 5.67. The summed E-state index contributed by atoms with van der Waals surface area (Å²) in [5.41, 5.74) is 6.17. The highest BCUT2D eigenvalue weighted by atomic mass is 16.3. The molecule has 1 aromatic carbocycles. The summed E-state index contributed by atoms with van der Waals surface area (Å²) >= 11 is 0. The zero-order valence-electron chi connectivity index (χ0n) is 14.1. The monoisotopic (exact) mass is 336 g/mol. The van der Waals surface area contributed by atoms with E-state index in [-0.39, 0.29) is 18.1 Å². The number of anilines is 1. The summed E-state index contributed by atoms with van der Waals surface area (Å²) in [5.74, 6) is 0.710. The van der Waals surface area contributed by atoms with Crippen LogP contribution in [0.3, 0.4) is 0 Å². The fraction of sp³-hybridized carbons (Fsp3) is 0.421. The molecular weight excluding hydrogens is 316 g/mol. The molecule has 1 aliphatic carbocycles. The minimum Gasteiger partial charge on any atom is -0.389 e. The van der Waals surface area contributed by atoms with E-state index in [9.17, 15) is 9.90 Å². The number of carbonyl (C=O) groups is 1. The lowest BCUT2D eigenvalue weighted by Gasteiger charge is -2.43. The SMILES string of the molecule is C[C@H]1[C@H](O)CN1c1nc2c(c(-c3ccc4c(c3)CNC4=O)n1)CCC2. The summed E-state index contributed by atoms with van der Waals surface area (Å²) in [4.78, 5) is 23.5. The molecule has 0 saturated carbocycles. The Balaban J connectivity index is 1.61. The Labute approximate surface area is 145 Å². The number of hydrogen-bond acceptors (Lipinski definition) is 5. The van der Waals surface area contributed by atoms with E-state index < -0.39 is 0 Å². The number of rotatable bonds is 2. The van der Waals surface area contributed by atoms with Gasteiger partial charge in [-0.2, -0.15) is 0 Å². The molecule has 3 aliphatic rings. The summed E-state index contributed by atoms with van der Waals surface area (Å²) < 4.78 is 0. The molecule has 1 amide bonds. The molecule has 25 heavy (non-hydrogen) atoms. The van der Waals surface area contributed by atoms with Gasteiger partial charge in [0, 0.05) is 35.5 Å². The average molecular weight is 336 g/mol. The molecule has 1 aromatic heterocycles. The molecule has 2 aliphatic heterocycles. The second-order valence-corrected chi connectivity index (χ2v) is 7.17. The number of nitrogens with one attached hydrogen (secondary N) is 1. The van der Waals surface area contributed by atoms with E-state index in [0.29, 0.717) is 19.0 Å². The van der Waals surface area contributed by atoms with Crippen LogP contribution < -0.4 is 10.2 Å². The van der Waals surface area contributed by atoms with E-state index in [1.54, 1.807) is 0 Å². The molecule has 1 fully saturated rings. The molecule has 0 radical (unpaired) electrons. The zero-order chi connectivity index (χ0) is 17.1. The molecule has 0 unspecified atom stereocenters. The Morgan fingerprint density at radius 1 is 1.28 bits per heavy atom. The van der Waals surface area contributed by atoms with Gasteiger partial charge in [-0.15, -0.1) is 0 Å². The quantitative estimate of drug-likeness (QED) is 0.868. The molecule has 0 spiro atoms. The van der Waals surface area contributed by atoms with Gasteiger partial charge in [-0.3, -0.25) is 4.79 Å². The number of hydrogen-bond donors (Lipinski definition) is 2. The van der Waals surface area contributed by atoms with Gasteiger partial charge in [-0.05, 0) is 43.9 Å². The minimum absolute atomic E-state index is 0.00135. The summed E-state index contributed by atoms with van der Waals surface area (Å²) in [5, 5.41) is 12.7. The maximum absolute atomic E-state index is 11.8. The summed E-state index contributed by atoms with van der Waals surface area (Å²) in [6, 6.07) is 6.01. The lowest BCUT2D eigenvalue weighted by molar-refractivity contribution is 0.0964. The van der Waals surface area contributed by atoms with Crippen molar-refractivity contribution in [1.82, 2.24) is 15.3 Å². The van der Waals surface area contributed by atoms with Crippen molar-refractivity contribution in [2.45, 2.75) is 44.9 Å². The van der Waals surface area contributed by atoms with Crippen molar-refractivity contribution < 1.29 is 9.90 Å². The normalized spacial score (nSPS) is 23.9. The number of carbonyl (C=O) groups excluding carboxylic acids is 1. The van der Waals surface area contributed by atoms with E-state index in [1.165, 1.54) is 5.56 Å². The third kappa shape index (κ3) is 2.17. The first-order valence-electron chi connectivity index (χ1n) is 8.88. The summed E-state index contributed by atoms with van der Waals surface area (Å²) in [6.07, 6.45) is 2.77. The zero-order valence-corrected chi connectivity index (χ0v) is 14.1. The topological polar surface area (TPSA) is 78.4 Å². The van der Waals surface area contributed by atoms with Crippen LogP contribution in [-0.4, -0.2) is 39.7 Å². The first-order chi connectivity index (χ1) is 12.1. The van der Waals surface area contributed by atoms with Crippen molar-refractivity contribution in [3.63, 3.8) is 0 Å². The van der Waals surface area contributed by atoms with Crippen molar-refractivity contribution in [2.75, 3.05) is 11.4 Å². The fourth-order valence-electron chi connectivity index (χ4n) is 4.02. The first kappa shape index (κ1) is 14.8. The number of aliphatic hydroxyl groups is 1. The first-order valence-corrected chi connectivity index (χ1v) is 8.88. The average Bonchev–Trinajstić information content (AvgIpc) is 3.25. The van der Waals surface area contributed by atoms with Gasteiger partial charge in [0.1, 0.15) is 0 Å². The van der Waals surface area contributed by atoms with Crippen LogP contribution in [0.5, 0.6) is 0 Å². The Morgan fingerprint density at radius 2 is 2.16 bits per heavy atom. The molecular formula is C19H20N4O2. The Bertz CT molecular complexity index is 895. The molecule has 1 saturated heterocycles. The fourth-order valence-corrected chi connectivity index (χ4v) is 4.02. The molecule has 0 bridgehead atoms. The van der Waals surface area contributed by atoms with E-state index >= 15 is 0 Å². The summed E-state index contributed by atoms with van der Waals surface area (Å²) in [6.45, 7) is 3.16. The highest BCUT2D eigenvalue weighted by Gasteiger charge is 2.36. The Hall–Kier alpha value is -2.47. The van der Waals surface area contributed by atoms with Gasteiger partial charge < -0.3 is 15.3 Å². The smallest absolute Gasteiger partial charge is 0.251 e. The number of β-amino-alcohol motifs (C(OH)–C–C–N with tert-alkyl or cyclic N) is 1. The lowest BCUT2D eigenvalue weighted by atomic mass is 10.00. The third-order valence-corrected chi connectivity index (χ3v) is 5.67. The second-order valence-electron chi connectivity index (χ2n) is 7.17. The van der Waals surface area contributed by atoms with Crippen LogP contribution in [0.25, 0.3) is 11.3 Å². The molecule has 3 heterocycles. The van der Waals surface area contributed by atoms with Gasteiger partial charge in [-0.25, -0.2) is 9.97 Å². The van der Waals surface area contributed by atoms with Crippen molar-refractivity contribution in [3.8, 4) is 11.3 Å². The van der Waals surface area contributed by atoms with Crippen molar-refractivity contribution >= 4 is 11.9 Å². The van der Waals surface area contributed by atoms with Crippen LogP contribution in [0, 0.1) is 0 Å². The number of amides is 1. The Kier molecular flexibility index (Phi) is 3.12. The van der Waals surface area contributed by atoms with Gasteiger partial charge >= 0.3 is 0 Å². The van der Waals surface area contributed by atoms with Crippen molar-refractivity contribution in [1.29, 1.82) is 0 Å². The van der Waals surface area contributed by atoms with Crippen LogP contribution in [-0.2, 0) is 19.4 Å². The molecule has 6 heteroatoms. The van der Waals surface area contributed by atoms with Crippen molar-refractivity contribution in [2.24, 2.45) is 0 Å². The second kappa shape index (κ2) is 5.26. The maximum atomic E-state index is 11.8. The predicted molar refractivity (Wildman–Crippen MR) is 93.5 cm³/mol. The number of nitrogens with zero attached hydrogens (tertiary/aromatic N) is 3. The van der Waals surface area contributed by atoms with Gasteiger partial charge in [0.15, 0.2) is 0 Å². The molecule has 2 aromatic rings. The van der Waals surface area contributed by atoms with E-state index in [4.69, 9.17) is 9.97 Å². The van der Waals surface area contributed by atoms with Gasteiger partial charge in [-0.1, -0.05) is 6.07 Å². The van der Waals surface area contributed by atoms with E-state index in [2.05, 4.69) is 16.3 Å². The molecule has 5 rings (SSSR count). The maximum Gasteiger partial charge on any atom is 0.251 e. The van der Waals surface area contributed by atoms with Crippen LogP contribution >= 0.6 is 0 Å². The largest absolute Gasteiger partial charge is 0.389 e. The standard InChI is InChI=1S/C19H20N4O2/c1-10-16(24)9-23(10)19-21-15-4-2-3-14(15)17(22-19)11-5-6-13-12(7-11)8-20-18(13)25/h5-7,10,16,24H,2-4,8-9H2,1H3,(H,20,25)/t10-,16+/m0/s1. The predicted octanol–water partition coefficient (Wildman–Crippen LogP) is 1.45. The summed E-state index contributed by atoms with van der Waals surface area (Å²) in [7, 11) is 0. The molecule has 2 N–H and O–H groups in total. The molecule has 6 nitrogen and oxygen atoms in total. The number of benzene rings is 1. The van der Waals surface area contributed by atoms with Crippen LogP contribution in [0.4, 0.5) is 5.95 Å².